The number of carboxylic acids is 1. The number of carbonyl (C=O) groups excluding carboxylic acids is 1. The summed E-state index contributed by atoms with van der Waals surface area (Å²) in [7, 11) is -3.66. The van der Waals surface area contributed by atoms with Crippen molar-refractivity contribution >= 4 is 21.9 Å². The number of unbranched alkanes of at least 4 members (excludes halogenated alkanes) is 1. The van der Waals surface area contributed by atoms with Gasteiger partial charge in [-0.3, -0.25) is 9.59 Å². The molecule has 0 aromatic carbocycles. The molecule has 0 aromatic rings. The zero-order chi connectivity index (χ0) is 17.5. The molecule has 132 valence electrons. The van der Waals surface area contributed by atoms with Crippen LogP contribution in [0.3, 0.4) is 0 Å². The van der Waals surface area contributed by atoms with E-state index in [2.05, 4.69) is 6.58 Å². The van der Waals surface area contributed by atoms with Gasteiger partial charge in [-0.15, -0.1) is 6.58 Å². The molecule has 0 aromatic heterocycles. The van der Waals surface area contributed by atoms with Crippen LogP contribution in [0.2, 0.25) is 0 Å². The summed E-state index contributed by atoms with van der Waals surface area (Å²) >= 11 is 0. The number of aliphatic carboxylic acids is 1. The monoisotopic (exact) mass is 348 g/mol. The Balaban J connectivity index is 2.60. The summed E-state index contributed by atoms with van der Waals surface area (Å²) < 4.78 is 29.6. The fourth-order valence-electron chi connectivity index (χ4n) is 2.31. The van der Waals surface area contributed by atoms with E-state index in [0.717, 1.165) is 23.4 Å². The summed E-state index contributed by atoms with van der Waals surface area (Å²) in [4.78, 5) is 24.5. The summed E-state index contributed by atoms with van der Waals surface area (Å²) in [5.74, 6) is -1.24. The van der Waals surface area contributed by atoms with Crippen LogP contribution in [0.5, 0.6) is 0 Å². The number of nitrogens with zero attached hydrogens (tertiary/aromatic N) is 2. The summed E-state index contributed by atoms with van der Waals surface area (Å²) in [6.07, 6.45) is 4.08. The highest BCUT2D eigenvalue weighted by Crippen LogP contribution is 2.11. The lowest BCUT2D eigenvalue weighted by atomic mass is 10.2. The standard InChI is InChI=1S/C14H24N2O6S/c1-3-4-5-6-13(17)15-7-8-22-12(9-15)10-16(11-14(18)19)23(2,20)21/h3,12H,1,4-11H2,2H3,(H,18,19). The molecule has 1 rings (SSSR count). The van der Waals surface area contributed by atoms with Crippen molar-refractivity contribution in [3.05, 3.63) is 12.7 Å². The second-order valence-corrected chi connectivity index (χ2v) is 7.45. The Morgan fingerprint density at radius 3 is 2.74 bits per heavy atom. The number of ether oxygens (including phenoxy) is 1. The molecule has 1 unspecified atom stereocenters. The number of carboxylic acid groups (broad SMARTS) is 1. The molecule has 1 aliphatic rings. The van der Waals surface area contributed by atoms with Gasteiger partial charge in [0.25, 0.3) is 0 Å². The lowest BCUT2D eigenvalue weighted by Crippen LogP contribution is -2.51. The van der Waals surface area contributed by atoms with Crippen LogP contribution in [0.25, 0.3) is 0 Å². The molecule has 1 N–H and O–H groups in total. The molecular formula is C14H24N2O6S. The molecular weight excluding hydrogens is 324 g/mol. The Labute approximate surface area is 136 Å². The molecule has 23 heavy (non-hydrogen) atoms. The summed E-state index contributed by atoms with van der Waals surface area (Å²) in [6.45, 7) is 3.94. The van der Waals surface area contributed by atoms with Gasteiger partial charge < -0.3 is 14.7 Å². The third kappa shape index (κ3) is 7.10. The number of hydrogen-bond acceptors (Lipinski definition) is 5. The van der Waals surface area contributed by atoms with E-state index in [-0.39, 0.29) is 19.0 Å². The lowest BCUT2D eigenvalue weighted by molar-refractivity contribution is -0.141. The van der Waals surface area contributed by atoms with Crippen molar-refractivity contribution in [2.45, 2.75) is 25.4 Å². The third-order valence-electron chi connectivity index (χ3n) is 3.48. The topological polar surface area (TPSA) is 104 Å². The van der Waals surface area contributed by atoms with E-state index in [4.69, 9.17) is 9.84 Å². The molecule has 0 saturated carbocycles. The third-order valence-corrected chi connectivity index (χ3v) is 4.69. The van der Waals surface area contributed by atoms with Crippen LogP contribution in [0.4, 0.5) is 0 Å². The second-order valence-electron chi connectivity index (χ2n) is 5.46. The van der Waals surface area contributed by atoms with Crippen LogP contribution >= 0.6 is 0 Å². The Morgan fingerprint density at radius 2 is 2.17 bits per heavy atom. The van der Waals surface area contributed by atoms with Crippen LogP contribution in [0.15, 0.2) is 12.7 Å². The number of amides is 1. The van der Waals surface area contributed by atoms with Gasteiger partial charge in [0.2, 0.25) is 15.9 Å². The maximum Gasteiger partial charge on any atom is 0.318 e. The van der Waals surface area contributed by atoms with E-state index in [1.54, 1.807) is 11.0 Å². The maximum absolute atomic E-state index is 12.1. The molecule has 8 nitrogen and oxygen atoms in total. The minimum Gasteiger partial charge on any atom is -0.480 e. The van der Waals surface area contributed by atoms with Crippen LogP contribution in [-0.2, 0) is 24.3 Å². The van der Waals surface area contributed by atoms with Crippen molar-refractivity contribution in [1.82, 2.24) is 9.21 Å². The highest BCUT2D eigenvalue weighted by molar-refractivity contribution is 7.88. The molecule has 9 heteroatoms. The number of carbonyl (C=O) groups is 2. The number of allylic oxidation sites excluding steroid dienone is 1. The van der Waals surface area contributed by atoms with Crippen LogP contribution in [-0.4, -0.2) is 79.8 Å². The highest BCUT2D eigenvalue weighted by Gasteiger charge is 2.29. The van der Waals surface area contributed by atoms with Crippen molar-refractivity contribution in [3.8, 4) is 0 Å². The van der Waals surface area contributed by atoms with E-state index < -0.39 is 28.6 Å². The lowest BCUT2D eigenvalue weighted by Gasteiger charge is -2.35. The highest BCUT2D eigenvalue weighted by atomic mass is 32.2. The minimum absolute atomic E-state index is 0.00992. The fourth-order valence-corrected chi connectivity index (χ4v) is 3.09. The van der Waals surface area contributed by atoms with E-state index in [1.807, 2.05) is 0 Å². The van der Waals surface area contributed by atoms with Crippen LogP contribution in [0.1, 0.15) is 19.3 Å². The summed E-state index contributed by atoms with van der Waals surface area (Å²) in [5, 5.41) is 8.82. The molecule has 0 spiro atoms. The van der Waals surface area contributed by atoms with Crippen molar-refractivity contribution in [2.24, 2.45) is 0 Å². The van der Waals surface area contributed by atoms with Gasteiger partial charge in [-0.25, -0.2) is 8.42 Å². The van der Waals surface area contributed by atoms with Crippen molar-refractivity contribution in [3.63, 3.8) is 0 Å². The van der Waals surface area contributed by atoms with Gasteiger partial charge >= 0.3 is 5.97 Å². The molecule has 1 atom stereocenters. The van der Waals surface area contributed by atoms with E-state index in [9.17, 15) is 18.0 Å². The molecule has 1 fully saturated rings. The van der Waals surface area contributed by atoms with Gasteiger partial charge in [-0.1, -0.05) is 6.08 Å². The smallest absolute Gasteiger partial charge is 0.318 e. The van der Waals surface area contributed by atoms with Crippen LogP contribution in [0, 0.1) is 0 Å². The predicted molar refractivity (Wildman–Crippen MR) is 84.4 cm³/mol. The number of morpholine rings is 1. The van der Waals surface area contributed by atoms with Gasteiger partial charge in [0.1, 0.15) is 6.54 Å². The van der Waals surface area contributed by atoms with E-state index in [0.29, 0.717) is 19.6 Å². The van der Waals surface area contributed by atoms with Crippen molar-refractivity contribution in [1.29, 1.82) is 0 Å². The first kappa shape index (κ1) is 19.6. The first-order valence-corrected chi connectivity index (χ1v) is 9.26. The summed E-state index contributed by atoms with van der Waals surface area (Å²) in [6, 6.07) is 0. The number of hydrogen-bond donors (Lipinski definition) is 1. The molecule has 1 aliphatic heterocycles. The molecule has 0 radical (unpaired) electrons. The number of sulfonamides is 1. The first-order valence-electron chi connectivity index (χ1n) is 7.41. The average molecular weight is 348 g/mol. The summed E-state index contributed by atoms with van der Waals surface area (Å²) in [5.41, 5.74) is 0. The molecule has 1 saturated heterocycles. The zero-order valence-electron chi connectivity index (χ0n) is 13.3. The second kappa shape index (κ2) is 8.99. The van der Waals surface area contributed by atoms with Gasteiger partial charge in [0, 0.05) is 26.1 Å². The van der Waals surface area contributed by atoms with Crippen LogP contribution < -0.4 is 0 Å². The fraction of sp³-hybridized carbons (Fsp3) is 0.714. The van der Waals surface area contributed by atoms with Crippen molar-refractivity contribution < 1.29 is 27.9 Å². The van der Waals surface area contributed by atoms with Crippen molar-refractivity contribution in [2.75, 3.05) is 39.0 Å². The zero-order valence-corrected chi connectivity index (χ0v) is 14.1. The average Bonchev–Trinajstić information content (AvgIpc) is 2.45. The van der Waals surface area contributed by atoms with Gasteiger partial charge in [-0.2, -0.15) is 4.31 Å². The largest absolute Gasteiger partial charge is 0.480 e. The molecule has 0 bridgehead atoms. The Morgan fingerprint density at radius 1 is 1.48 bits per heavy atom. The Kier molecular flexibility index (Phi) is 7.66. The van der Waals surface area contributed by atoms with Gasteiger partial charge in [0.05, 0.1) is 19.0 Å². The molecule has 1 amide bonds. The van der Waals surface area contributed by atoms with Gasteiger partial charge in [-0.05, 0) is 12.8 Å². The normalized spacial score (nSPS) is 18.9. The quantitative estimate of drug-likeness (QED) is 0.461. The molecule has 0 aliphatic carbocycles. The molecule has 1 heterocycles. The SMILES string of the molecule is C=CCCCC(=O)N1CCOC(CN(CC(=O)O)S(C)(=O)=O)C1. The Hall–Kier alpha value is -1.45. The Bertz CT molecular complexity index is 533. The van der Waals surface area contributed by atoms with E-state index in [1.165, 1.54) is 0 Å². The first-order chi connectivity index (χ1) is 10.7. The van der Waals surface area contributed by atoms with E-state index >= 15 is 0 Å². The predicted octanol–water partition coefficient (Wildman–Crippen LogP) is -0.0837. The minimum atomic E-state index is -3.66. The van der Waals surface area contributed by atoms with Gasteiger partial charge in [0.15, 0.2) is 0 Å². The maximum atomic E-state index is 12.1. The number of rotatable bonds is 9.